The van der Waals surface area contributed by atoms with Gasteiger partial charge in [-0.15, -0.1) is 0 Å². The highest BCUT2D eigenvalue weighted by molar-refractivity contribution is 5.06. The van der Waals surface area contributed by atoms with Crippen LogP contribution in [-0.4, -0.2) is 39.4 Å². The normalized spacial score (nSPS) is 27.9. The fourth-order valence-electron chi connectivity index (χ4n) is 4.14. The third-order valence-electron chi connectivity index (χ3n) is 5.20. The molecule has 0 amide bonds. The van der Waals surface area contributed by atoms with Crippen molar-refractivity contribution in [2.75, 3.05) is 13.1 Å². The van der Waals surface area contributed by atoms with E-state index < -0.39 is 0 Å². The first-order valence-corrected chi connectivity index (χ1v) is 8.50. The van der Waals surface area contributed by atoms with Gasteiger partial charge in [-0.05, 0) is 32.6 Å². The van der Waals surface area contributed by atoms with Crippen molar-refractivity contribution in [1.29, 1.82) is 0 Å². The highest BCUT2D eigenvalue weighted by Gasteiger charge is 2.36. The molecule has 1 aromatic heterocycles. The zero-order chi connectivity index (χ0) is 14.9. The first kappa shape index (κ1) is 15.0. The minimum Gasteiger partial charge on any atom is -0.309 e. The Hall–Kier alpha value is -0.870. The molecule has 0 radical (unpaired) electrons. The third kappa shape index (κ3) is 3.67. The zero-order valence-corrected chi connectivity index (χ0v) is 13.8. The van der Waals surface area contributed by atoms with Crippen molar-refractivity contribution in [3.63, 3.8) is 0 Å². The number of hydrogen-bond donors (Lipinski definition) is 1. The molecule has 1 unspecified atom stereocenters. The highest BCUT2D eigenvalue weighted by Crippen LogP contribution is 2.32. The average Bonchev–Trinajstić information content (AvgIpc) is 2.84. The predicted molar refractivity (Wildman–Crippen MR) is 86.1 cm³/mol. The predicted octanol–water partition coefficient (Wildman–Crippen LogP) is 2.55. The molecule has 1 saturated carbocycles. The van der Waals surface area contributed by atoms with Crippen molar-refractivity contribution in [2.45, 2.75) is 64.1 Å². The zero-order valence-electron chi connectivity index (χ0n) is 13.8. The Labute approximate surface area is 128 Å². The molecule has 0 aromatic carbocycles. The summed E-state index contributed by atoms with van der Waals surface area (Å²) in [5.41, 5.74) is 1.56. The van der Waals surface area contributed by atoms with E-state index in [9.17, 15) is 0 Å². The lowest BCUT2D eigenvalue weighted by atomic mass is 9.81. The number of hydrogen-bond acceptors (Lipinski definition) is 3. The lowest BCUT2D eigenvalue weighted by molar-refractivity contribution is 0.0419. The second-order valence-electron chi connectivity index (χ2n) is 7.66. The van der Waals surface area contributed by atoms with E-state index in [4.69, 9.17) is 0 Å². The number of aryl methyl sites for hydroxylation is 1. The molecule has 2 heterocycles. The van der Waals surface area contributed by atoms with Gasteiger partial charge in [-0.25, -0.2) is 0 Å². The first-order valence-electron chi connectivity index (χ1n) is 8.50. The molecular formula is C17H30N4. The Morgan fingerprint density at radius 3 is 2.71 bits per heavy atom. The molecule has 21 heavy (non-hydrogen) atoms. The Bertz CT molecular complexity index is 459. The van der Waals surface area contributed by atoms with E-state index in [-0.39, 0.29) is 5.54 Å². The van der Waals surface area contributed by atoms with Crippen molar-refractivity contribution < 1.29 is 0 Å². The van der Waals surface area contributed by atoms with Crippen LogP contribution in [0.15, 0.2) is 12.4 Å². The fourth-order valence-corrected chi connectivity index (χ4v) is 4.14. The number of nitrogens with zero attached hydrogens (tertiary/aromatic N) is 3. The Kier molecular flexibility index (Phi) is 4.36. The smallest absolute Gasteiger partial charge is 0.0534 e. The van der Waals surface area contributed by atoms with Crippen LogP contribution in [0.1, 0.15) is 51.5 Å². The molecule has 0 spiro atoms. The van der Waals surface area contributed by atoms with E-state index in [0.717, 1.165) is 25.6 Å². The summed E-state index contributed by atoms with van der Waals surface area (Å²) in [5.74, 6) is 0.874. The number of aromatic nitrogens is 2. The molecule has 4 nitrogen and oxygen atoms in total. The van der Waals surface area contributed by atoms with Gasteiger partial charge in [0.15, 0.2) is 0 Å². The van der Waals surface area contributed by atoms with Crippen LogP contribution in [0.3, 0.4) is 0 Å². The van der Waals surface area contributed by atoms with Gasteiger partial charge >= 0.3 is 0 Å². The topological polar surface area (TPSA) is 33.1 Å². The lowest BCUT2D eigenvalue weighted by Crippen LogP contribution is -2.63. The summed E-state index contributed by atoms with van der Waals surface area (Å²) in [7, 11) is 2.00. The molecule has 1 saturated heterocycles. The van der Waals surface area contributed by atoms with Crippen molar-refractivity contribution >= 4 is 0 Å². The first-order chi connectivity index (χ1) is 10.0. The summed E-state index contributed by atoms with van der Waals surface area (Å²) in [4.78, 5) is 2.71. The molecule has 3 rings (SSSR count). The Morgan fingerprint density at radius 1 is 1.29 bits per heavy atom. The van der Waals surface area contributed by atoms with Crippen LogP contribution < -0.4 is 5.32 Å². The van der Waals surface area contributed by atoms with E-state index >= 15 is 0 Å². The Morgan fingerprint density at radius 2 is 2.05 bits per heavy atom. The standard InChI is InChI=1S/C17H30N4/c1-17(2)13-21(12-14-9-19-20(3)11-14)16(10-18-17)15-7-5-4-6-8-15/h9,11,15-16,18H,4-8,10,12-13H2,1-3H3. The van der Waals surface area contributed by atoms with E-state index in [1.54, 1.807) is 0 Å². The number of piperazine rings is 1. The van der Waals surface area contributed by atoms with Crippen LogP contribution >= 0.6 is 0 Å². The van der Waals surface area contributed by atoms with Gasteiger partial charge in [0, 0.05) is 50.0 Å². The molecule has 1 atom stereocenters. The summed E-state index contributed by atoms with van der Waals surface area (Å²) in [6.07, 6.45) is 11.3. The van der Waals surface area contributed by atoms with Crippen molar-refractivity contribution in [3.8, 4) is 0 Å². The molecule has 1 N–H and O–H groups in total. The number of nitrogens with one attached hydrogen (secondary N) is 1. The SMILES string of the molecule is Cn1cc(CN2CC(C)(C)NCC2C2CCCCC2)cn1. The van der Waals surface area contributed by atoms with Crippen molar-refractivity contribution in [1.82, 2.24) is 20.0 Å². The summed E-state index contributed by atoms with van der Waals surface area (Å²) in [6, 6.07) is 0.693. The van der Waals surface area contributed by atoms with Gasteiger partial charge in [-0.2, -0.15) is 5.10 Å². The van der Waals surface area contributed by atoms with Gasteiger partial charge < -0.3 is 5.32 Å². The van der Waals surface area contributed by atoms with Crippen LogP contribution in [0.2, 0.25) is 0 Å². The second kappa shape index (κ2) is 6.09. The molecule has 2 aliphatic rings. The maximum Gasteiger partial charge on any atom is 0.0534 e. The van der Waals surface area contributed by atoms with Gasteiger partial charge in [-0.3, -0.25) is 9.58 Å². The summed E-state index contributed by atoms with van der Waals surface area (Å²) in [5, 5.41) is 8.09. The second-order valence-corrected chi connectivity index (χ2v) is 7.66. The highest BCUT2D eigenvalue weighted by atomic mass is 15.3. The molecule has 4 heteroatoms. The minimum atomic E-state index is 0.216. The molecular weight excluding hydrogens is 260 g/mol. The lowest BCUT2D eigenvalue weighted by Gasteiger charge is -2.48. The fraction of sp³-hybridized carbons (Fsp3) is 0.824. The Balaban J connectivity index is 1.73. The van der Waals surface area contributed by atoms with Crippen LogP contribution in [0.5, 0.6) is 0 Å². The quantitative estimate of drug-likeness (QED) is 0.929. The largest absolute Gasteiger partial charge is 0.309 e. The van der Waals surface area contributed by atoms with E-state index in [1.807, 2.05) is 17.9 Å². The molecule has 1 aliphatic heterocycles. The van der Waals surface area contributed by atoms with E-state index in [2.05, 4.69) is 35.4 Å². The van der Waals surface area contributed by atoms with Crippen molar-refractivity contribution in [3.05, 3.63) is 18.0 Å². The molecule has 1 aromatic rings. The maximum atomic E-state index is 4.33. The van der Waals surface area contributed by atoms with Crippen molar-refractivity contribution in [2.24, 2.45) is 13.0 Å². The summed E-state index contributed by atoms with van der Waals surface area (Å²) in [6.45, 7) is 7.95. The van der Waals surface area contributed by atoms with Gasteiger partial charge in [0.1, 0.15) is 0 Å². The van der Waals surface area contributed by atoms with E-state index in [0.29, 0.717) is 6.04 Å². The third-order valence-corrected chi connectivity index (χ3v) is 5.20. The average molecular weight is 290 g/mol. The van der Waals surface area contributed by atoms with E-state index in [1.165, 1.54) is 37.7 Å². The van der Waals surface area contributed by atoms with Gasteiger partial charge in [0.25, 0.3) is 0 Å². The van der Waals surface area contributed by atoms with Gasteiger partial charge in [-0.1, -0.05) is 19.3 Å². The van der Waals surface area contributed by atoms with Crippen LogP contribution in [-0.2, 0) is 13.6 Å². The minimum absolute atomic E-state index is 0.216. The maximum absolute atomic E-state index is 4.33. The summed E-state index contributed by atoms with van der Waals surface area (Å²) < 4.78 is 1.91. The van der Waals surface area contributed by atoms with Crippen LogP contribution in [0.4, 0.5) is 0 Å². The van der Waals surface area contributed by atoms with Crippen LogP contribution in [0.25, 0.3) is 0 Å². The molecule has 118 valence electrons. The number of rotatable bonds is 3. The molecule has 2 fully saturated rings. The summed E-state index contributed by atoms with van der Waals surface area (Å²) >= 11 is 0. The molecule has 1 aliphatic carbocycles. The van der Waals surface area contributed by atoms with Crippen LogP contribution in [0, 0.1) is 5.92 Å². The molecule has 0 bridgehead atoms. The van der Waals surface area contributed by atoms with Gasteiger partial charge in [0.05, 0.1) is 6.20 Å². The monoisotopic (exact) mass is 290 g/mol. The van der Waals surface area contributed by atoms with Gasteiger partial charge in [0.2, 0.25) is 0 Å².